The molecule has 0 spiro atoms. The molecule has 158 valence electrons. The number of thiazole rings is 1. The Morgan fingerprint density at radius 2 is 1.83 bits per heavy atom. The van der Waals surface area contributed by atoms with Gasteiger partial charge in [0, 0.05) is 10.6 Å². The monoisotopic (exact) mass is 436 g/mol. The fourth-order valence-electron chi connectivity index (χ4n) is 4.40. The molecule has 0 saturated heterocycles. The predicted molar refractivity (Wildman–Crippen MR) is 115 cm³/mol. The molecular formula is C20H28N4O3S2. The van der Waals surface area contributed by atoms with E-state index in [-0.39, 0.29) is 4.34 Å². The molecule has 0 fully saturated rings. The van der Waals surface area contributed by atoms with Gasteiger partial charge in [-0.15, -0.1) is 11.3 Å². The van der Waals surface area contributed by atoms with Gasteiger partial charge < -0.3 is 15.5 Å². The van der Waals surface area contributed by atoms with Crippen LogP contribution in [-0.4, -0.2) is 25.8 Å². The van der Waals surface area contributed by atoms with Gasteiger partial charge in [0.15, 0.2) is 9.92 Å². The number of aryl methyl sites for hydroxylation is 3. The topological polar surface area (TPSA) is 121 Å². The molecule has 0 bridgehead atoms. The maximum absolute atomic E-state index is 13.0. The highest BCUT2D eigenvalue weighted by molar-refractivity contribution is 7.93. The molecule has 9 heteroatoms. The zero-order valence-corrected chi connectivity index (χ0v) is 18.6. The quantitative estimate of drug-likeness (QED) is 0.537. The van der Waals surface area contributed by atoms with Crippen molar-refractivity contribution in [2.75, 3.05) is 5.32 Å². The molecule has 1 aromatic heterocycles. The van der Waals surface area contributed by atoms with Crippen LogP contribution in [0.4, 0.5) is 5.69 Å². The molecule has 2 aliphatic rings. The van der Waals surface area contributed by atoms with Crippen LogP contribution >= 0.6 is 11.3 Å². The largest absolute Gasteiger partial charge is 0.384 e. The van der Waals surface area contributed by atoms with Gasteiger partial charge in [-0.25, -0.2) is 14.3 Å². The second kappa shape index (κ2) is 7.31. The molecule has 2 atom stereocenters. The Hall–Kier alpha value is -1.52. The van der Waals surface area contributed by atoms with Crippen molar-refractivity contribution in [1.82, 2.24) is 4.98 Å². The maximum Gasteiger partial charge on any atom is 0.233 e. The van der Waals surface area contributed by atoms with Crippen molar-refractivity contribution in [3.8, 4) is 0 Å². The van der Waals surface area contributed by atoms with E-state index >= 15 is 0 Å². The minimum absolute atomic E-state index is 0.108. The van der Waals surface area contributed by atoms with Crippen LogP contribution in [0.15, 0.2) is 14.8 Å². The smallest absolute Gasteiger partial charge is 0.233 e. The van der Waals surface area contributed by atoms with E-state index in [0.29, 0.717) is 5.69 Å². The first-order valence-electron chi connectivity index (χ1n) is 9.91. The Morgan fingerprint density at radius 1 is 1.24 bits per heavy atom. The molecule has 0 amide bonds. The first kappa shape index (κ1) is 20.7. The van der Waals surface area contributed by atoms with Crippen LogP contribution in [0.3, 0.4) is 0 Å². The summed E-state index contributed by atoms with van der Waals surface area (Å²) in [5.74, 6) is 0. The van der Waals surface area contributed by atoms with Crippen molar-refractivity contribution < 1.29 is 14.4 Å². The van der Waals surface area contributed by atoms with E-state index in [2.05, 4.69) is 20.7 Å². The predicted octanol–water partition coefficient (Wildman–Crippen LogP) is 2.74. The average molecular weight is 437 g/mol. The Balaban J connectivity index is 1.66. The summed E-state index contributed by atoms with van der Waals surface area (Å²) in [6.45, 7) is 5.01. The first-order chi connectivity index (χ1) is 13.6. The van der Waals surface area contributed by atoms with E-state index in [1.165, 1.54) is 22.3 Å². The summed E-state index contributed by atoms with van der Waals surface area (Å²) in [5.41, 5.74) is 5.32. The number of aromatic nitrogens is 1. The fraction of sp³-hybridized carbons (Fsp3) is 0.550. The van der Waals surface area contributed by atoms with E-state index < -0.39 is 21.9 Å². The lowest BCUT2D eigenvalue weighted by atomic mass is 9.99. The number of nitrogens with one attached hydrogen (secondary N) is 1. The molecule has 0 aliphatic heterocycles. The third kappa shape index (κ3) is 3.94. The van der Waals surface area contributed by atoms with Crippen molar-refractivity contribution in [3.05, 3.63) is 38.9 Å². The summed E-state index contributed by atoms with van der Waals surface area (Å²) in [7, 11) is -3.41. The van der Waals surface area contributed by atoms with E-state index in [4.69, 9.17) is 5.14 Å². The van der Waals surface area contributed by atoms with Gasteiger partial charge in [-0.05, 0) is 81.5 Å². The molecule has 7 nitrogen and oxygen atoms in total. The Labute approximate surface area is 175 Å². The summed E-state index contributed by atoms with van der Waals surface area (Å²) < 4.78 is 17.1. The Kier molecular flexibility index (Phi) is 5.23. The molecule has 29 heavy (non-hydrogen) atoms. The van der Waals surface area contributed by atoms with Crippen molar-refractivity contribution >= 4 is 26.9 Å². The Bertz CT molecular complexity index is 1050. The van der Waals surface area contributed by atoms with Crippen molar-refractivity contribution in [2.24, 2.45) is 9.50 Å². The summed E-state index contributed by atoms with van der Waals surface area (Å²) >= 11 is 1.13. The minimum atomic E-state index is -3.41. The number of aliphatic hydroxyl groups excluding tert-OH is 1. The number of nitrogens with two attached hydrogens (primary N) is 1. The third-order valence-electron chi connectivity index (χ3n) is 5.61. The van der Waals surface area contributed by atoms with Gasteiger partial charge in [0.2, 0.25) is 10.7 Å². The normalized spacial score (nSPS) is 18.8. The lowest BCUT2D eigenvalue weighted by molar-refractivity contribution is 0.0734. The molecule has 0 saturated carbocycles. The van der Waals surface area contributed by atoms with Crippen LogP contribution < -0.4 is 10.5 Å². The summed E-state index contributed by atoms with van der Waals surface area (Å²) in [6, 6.07) is 2.31. The van der Waals surface area contributed by atoms with Crippen LogP contribution in [0, 0.1) is 6.92 Å². The number of anilines is 1. The van der Waals surface area contributed by atoms with Gasteiger partial charge in [-0.2, -0.15) is 4.36 Å². The van der Waals surface area contributed by atoms with Crippen LogP contribution in [0.25, 0.3) is 0 Å². The molecule has 0 radical (unpaired) electrons. The number of rotatable bonds is 5. The number of hydrogen-bond acceptors (Lipinski definition) is 7. The van der Waals surface area contributed by atoms with Crippen LogP contribution in [0.2, 0.25) is 0 Å². The van der Waals surface area contributed by atoms with Gasteiger partial charge >= 0.3 is 0 Å². The molecule has 2 aliphatic carbocycles. The van der Waals surface area contributed by atoms with E-state index in [1.807, 2.05) is 0 Å². The number of fused-ring (bicyclic) bond motifs is 2. The van der Waals surface area contributed by atoms with Crippen molar-refractivity contribution in [1.29, 1.82) is 0 Å². The lowest BCUT2D eigenvalue weighted by Gasteiger charge is -2.19. The molecule has 2 unspecified atom stereocenters. The molecule has 2 aromatic rings. The SMILES string of the molecule is Cc1sc(S(N)(=O)=NC(O)Nc2c3c(cc4c2CCC4)CCC3)nc1C(C)(C)O. The number of nitrogens with zero attached hydrogens (tertiary/aromatic N) is 2. The van der Waals surface area contributed by atoms with E-state index in [9.17, 15) is 14.4 Å². The average Bonchev–Trinajstić information content (AvgIpc) is 3.31. The number of aliphatic hydroxyl groups is 2. The van der Waals surface area contributed by atoms with Gasteiger partial charge in [-0.1, -0.05) is 6.07 Å². The molecule has 1 aromatic carbocycles. The second-order valence-corrected chi connectivity index (χ2v) is 11.6. The van der Waals surface area contributed by atoms with Crippen molar-refractivity contribution in [3.63, 3.8) is 0 Å². The zero-order valence-electron chi connectivity index (χ0n) is 17.0. The second-order valence-electron chi connectivity index (χ2n) is 8.37. The summed E-state index contributed by atoms with van der Waals surface area (Å²) in [6.07, 6.45) is 4.84. The number of benzene rings is 1. The highest BCUT2D eigenvalue weighted by atomic mass is 32.2. The summed E-state index contributed by atoms with van der Waals surface area (Å²) in [4.78, 5) is 4.99. The fourth-order valence-corrected chi connectivity index (χ4v) is 6.84. The maximum atomic E-state index is 13.0. The van der Waals surface area contributed by atoms with Crippen LogP contribution in [0.5, 0.6) is 0 Å². The third-order valence-corrected chi connectivity index (χ3v) is 8.45. The Morgan fingerprint density at radius 3 is 2.34 bits per heavy atom. The summed E-state index contributed by atoms with van der Waals surface area (Å²) in [5, 5.41) is 29.9. The highest BCUT2D eigenvalue weighted by Gasteiger charge is 2.28. The zero-order chi connectivity index (χ0) is 21.0. The first-order valence-corrected chi connectivity index (χ1v) is 12.3. The van der Waals surface area contributed by atoms with Gasteiger partial charge in [-0.3, -0.25) is 0 Å². The highest BCUT2D eigenvalue weighted by Crippen LogP contribution is 2.39. The van der Waals surface area contributed by atoms with Gasteiger partial charge in [0.25, 0.3) is 0 Å². The van der Waals surface area contributed by atoms with E-state index in [1.54, 1.807) is 20.8 Å². The number of hydrogen-bond donors (Lipinski definition) is 4. The van der Waals surface area contributed by atoms with Gasteiger partial charge in [0.1, 0.15) is 5.60 Å². The van der Waals surface area contributed by atoms with Crippen LogP contribution in [0.1, 0.15) is 59.5 Å². The molecular weight excluding hydrogens is 408 g/mol. The van der Waals surface area contributed by atoms with Crippen molar-refractivity contribution in [2.45, 2.75) is 75.6 Å². The standard InChI is InChI=1S/C20H28N4O3S2/c1-11-17(20(2,3)26)23-19(28-11)29(21,27)24-18(25)22-16-14-8-4-6-12(14)10-13-7-5-9-15(13)16/h10,18,22,25-26H,4-9H2,1-3H3,(H2,21,24,27). The molecule has 4 rings (SSSR count). The van der Waals surface area contributed by atoms with E-state index in [0.717, 1.165) is 60.4 Å². The molecule has 1 heterocycles. The lowest BCUT2D eigenvalue weighted by Crippen LogP contribution is -2.24. The minimum Gasteiger partial charge on any atom is -0.384 e. The van der Waals surface area contributed by atoms with Crippen LogP contribution in [-0.2, 0) is 41.2 Å². The molecule has 5 N–H and O–H groups in total. The van der Waals surface area contributed by atoms with Gasteiger partial charge in [0.05, 0.1) is 5.69 Å².